The summed E-state index contributed by atoms with van der Waals surface area (Å²) in [4.78, 5) is 21.1. The summed E-state index contributed by atoms with van der Waals surface area (Å²) >= 11 is 4.09. The minimum Gasteiger partial charge on any atom is -0.803 e. The smallest absolute Gasteiger partial charge is 0.121 e. The Kier molecular flexibility index (Phi) is 2.85. The SMILES string of the molecule is Cc1cccc(OP([O-])([O-])=S)c1. The second kappa shape index (κ2) is 3.54. The van der Waals surface area contributed by atoms with Gasteiger partial charge in [-0.1, -0.05) is 23.9 Å². The maximum absolute atomic E-state index is 10.5. The molecule has 12 heavy (non-hydrogen) atoms. The summed E-state index contributed by atoms with van der Waals surface area (Å²) in [6, 6.07) is 6.70. The van der Waals surface area contributed by atoms with Gasteiger partial charge in [-0.05, 0) is 31.3 Å². The molecular formula is C7H7O3PS-2. The maximum atomic E-state index is 10.5. The Labute approximate surface area is 75.9 Å². The van der Waals surface area contributed by atoms with Crippen LogP contribution in [0.5, 0.6) is 5.75 Å². The highest BCUT2D eigenvalue weighted by Crippen LogP contribution is 2.29. The van der Waals surface area contributed by atoms with Crippen molar-refractivity contribution in [3.8, 4) is 5.75 Å². The highest BCUT2D eigenvalue weighted by atomic mass is 32.5. The number of rotatable bonds is 2. The molecule has 0 saturated heterocycles. The molecule has 0 bridgehead atoms. The zero-order valence-electron chi connectivity index (χ0n) is 6.39. The van der Waals surface area contributed by atoms with E-state index in [-0.39, 0.29) is 5.75 Å². The first kappa shape index (κ1) is 9.68. The van der Waals surface area contributed by atoms with Crippen molar-refractivity contribution in [2.24, 2.45) is 0 Å². The first-order valence-electron chi connectivity index (χ1n) is 3.26. The summed E-state index contributed by atoms with van der Waals surface area (Å²) in [5.74, 6) is 0.267. The van der Waals surface area contributed by atoms with Crippen LogP contribution in [-0.2, 0) is 11.8 Å². The van der Waals surface area contributed by atoms with E-state index in [9.17, 15) is 9.79 Å². The van der Waals surface area contributed by atoms with E-state index < -0.39 is 6.72 Å². The number of benzene rings is 1. The van der Waals surface area contributed by atoms with Crippen LogP contribution in [-0.4, -0.2) is 0 Å². The summed E-state index contributed by atoms with van der Waals surface area (Å²) < 4.78 is 4.50. The van der Waals surface area contributed by atoms with Gasteiger partial charge >= 0.3 is 0 Å². The van der Waals surface area contributed by atoms with Crippen LogP contribution in [0.1, 0.15) is 5.56 Å². The third-order valence-electron chi connectivity index (χ3n) is 1.21. The van der Waals surface area contributed by atoms with Gasteiger partial charge in [-0.25, -0.2) is 0 Å². The van der Waals surface area contributed by atoms with Crippen LogP contribution < -0.4 is 14.3 Å². The van der Waals surface area contributed by atoms with E-state index >= 15 is 0 Å². The van der Waals surface area contributed by atoms with Crippen molar-refractivity contribution in [3.63, 3.8) is 0 Å². The van der Waals surface area contributed by atoms with Crippen molar-refractivity contribution >= 4 is 18.5 Å². The van der Waals surface area contributed by atoms with Gasteiger partial charge in [-0.2, -0.15) is 0 Å². The molecule has 0 aliphatic carbocycles. The molecule has 5 heteroatoms. The van der Waals surface area contributed by atoms with E-state index in [1.807, 2.05) is 13.0 Å². The highest BCUT2D eigenvalue weighted by Gasteiger charge is 1.92. The predicted molar refractivity (Wildman–Crippen MR) is 46.1 cm³/mol. The lowest BCUT2D eigenvalue weighted by Crippen LogP contribution is -2.18. The van der Waals surface area contributed by atoms with Crippen LogP contribution >= 0.6 is 6.72 Å². The standard InChI is InChI=1S/C7H9O3PS/c1-6-3-2-4-7(5-6)10-11(8,9)12/h2-5H,1H3,(H2,8,9,12)/p-2. The minimum absolute atomic E-state index is 0.267. The summed E-state index contributed by atoms with van der Waals surface area (Å²) in [6.07, 6.45) is 0. The molecule has 0 radical (unpaired) electrons. The lowest BCUT2D eigenvalue weighted by atomic mass is 10.2. The zero-order valence-corrected chi connectivity index (χ0v) is 8.10. The second-order valence-electron chi connectivity index (χ2n) is 2.36. The number of hydrogen-bond acceptors (Lipinski definition) is 4. The Morgan fingerprint density at radius 3 is 2.58 bits per heavy atom. The fourth-order valence-electron chi connectivity index (χ4n) is 0.801. The fraction of sp³-hybridized carbons (Fsp3) is 0.143. The highest BCUT2D eigenvalue weighted by molar-refractivity contribution is 8.05. The first-order valence-corrected chi connectivity index (χ1v) is 5.81. The number of hydrogen-bond donors (Lipinski definition) is 0. The maximum Gasteiger partial charge on any atom is 0.121 e. The van der Waals surface area contributed by atoms with Crippen LogP contribution in [0.4, 0.5) is 0 Å². The number of aryl methyl sites for hydroxylation is 1. The average molecular weight is 202 g/mol. The van der Waals surface area contributed by atoms with Gasteiger partial charge in [0.2, 0.25) is 0 Å². The summed E-state index contributed by atoms with van der Waals surface area (Å²) in [6.45, 7) is -2.23. The van der Waals surface area contributed by atoms with Gasteiger partial charge in [0.05, 0.1) is 0 Å². The van der Waals surface area contributed by atoms with Crippen LogP contribution in [0.2, 0.25) is 0 Å². The molecule has 1 rings (SSSR count). The van der Waals surface area contributed by atoms with Crippen molar-refractivity contribution in [2.75, 3.05) is 0 Å². The third kappa shape index (κ3) is 3.32. The predicted octanol–water partition coefficient (Wildman–Crippen LogP) is 0.319. The Balaban J connectivity index is 2.84. The minimum atomic E-state index is -4.07. The molecule has 1 aromatic rings. The zero-order chi connectivity index (χ0) is 9.19. The summed E-state index contributed by atoms with van der Waals surface area (Å²) in [5, 5.41) is 0. The molecule has 0 amide bonds. The van der Waals surface area contributed by atoms with Gasteiger partial charge in [0.15, 0.2) is 0 Å². The molecule has 0 atom stereocenters. The molecule has 0 aromatic heterocycles. The van der Waals surface area contributed by atoms with Crippen molar-refractivity contribution < 1.29 is 14.3 Å². The molecule has 0 aliphatic heterocycles. The molecule has 0 unspecified atom stereocenters. The topological polar surface area (TPSA) is 55.3 Å². The van der Waals surface area contributed by atoms with Crippen molar-refractivity contribution in [1.29, 1.82) is 0 Å². The van der Waals surface area contributed by atoms with E-state index in [1.165, 1.54) is 0 Å². The molecule has 0 aliphatic rings. The van der Waals surface area contributed by atoms with Crippen molar-refractivity contribution in [1.82, 2.24) is 0 Å². The van der Waals surface area contributed by atoms with Gasteiger partial charge in [0.1, 0.15) is 5.75 Å². The molecule has 3 nitrogen and oxygen atoms in total. The van der Waals surface area contributed by atoms with Crippen molar-refractivity contribution in [2.45, 2.75) is 6.92 Å². The lowest BCUT2D eigenvalue weighted by molar-refractivity contribution is -0.313. The molecule has 0 N–H and O–H groups in total. The van der Waals surface area contributed by atoms with Crippen LogP contribution in [0.15, 0.2) is 24.3 Å². The fourth-order valence-corrected chi connectivity index (χ4v) is 1.43. The van der Waals surface area contributed by atoms with E-state index in [1.54, 1.807) is 18.2 Å². The molecule has 1 aromatic carbocycles. The van der Waals surface area contributed by atoms with Crippen molar-refractivity contribution in [3.05, 3.63) is 29.8 Å². The van der Waals surface area contributed by atoms with Crippen LogP contribution in [0.3, 0.4) is 0 Å². The van der Waals surface area contributed by atoms with E-state index in [2.05, 4.69) is 16.3 Å². The molecule has 0 spiro atoms. The quantitative estimate of drug-likeness (QED) is 0.648. The van der Waals surface area contributed by atoms with E-state index in [0.29, 0.717) is 0 Å². The summed E-state index contributed by atoms with van der Waals surface area (Å²) in [7, 11) is 0. The Morgan fingerprint density at radius 2 is 2.08 bits per heavy atom. The normalized spacial score (nSPS) is 11.2. The van der Waals surface area contributed by atoms with Crippen LogP contribution in [0.25, 0.3) is 0 Å². The monoisotopic (exact) mass is 202 g/mol. The Hall–Kier alpha value is -0.410. The average Bonchev–Trinajstić information content (AvgIpc) is 1.82. The third-order valence-corrected chi connectivity index (χ3v) is 1.86. The van der Waals surface area contributed by atoms with Gasteiger partial charge in [0.25, 0.3) is 0 Å². The lowest BCUT2D eigenvalue weighted by Gasteiger charge is -2.34. The first-order chi connectivity index (χ1) is 5.47. The van der Waals surface area contributed by atoms with Crippen LogP contribution in [0, 0.1) is 6.92 Å². The second-order valence-corrected chi connectivity index (χ2v) is 4.77. The van der Waals surface area contributed by atoms with Gasteiger partial charge in [-0.3, -0.25) is 0 Å². The Morgan fingerprint density at radius 1 is 1.42 bits per heavy atom. The van der Waals surface area contributed by atoms with E-state index in [0.717, 1.165) is 5.56 Å². The molecule has 0 heterocycles. The van der Waals surface area contributed by atoms with Gasteiger partial charge in [-0.15, -0.1) is 0 Å². The summed E-state index contributed by atoms with van der Waals surface area (Å²) in [5.41, 5.74) is 0.927. The molecular weight excluding hydrogens is 195 g/mol. The van der Waals surface area contributed by atoms with Gasteiger partial charge < -0.3 is 14.3 Å². The molecule has 0 saturated carbocycles. The largest absolute Gasteiger partial charge is 0.803 e. The van der Waals surface area contributed by atoms with E-state index in [4.69, 9.17) is 0 Å². The molecule has 0 fully saturated rings. The Bertz CT molecular complexity index is 320. The van der Waals surface area contributed by atoms with Gasteiger partial charge in [0, 0.05) is 0 Å². The molecule has 66 valence electrons.